The van der Waals surface area contributed by atoms with Crippen LogP contribution in [0.1, 0.15) is 21.5 Å². The molecule has 0 saturated heterocycles. The van der Waals surface area contributed by atoms with Crippen LogP contribution in [0.5, 0.6) is 17.2 Å². The van der Waals surface area contributed by atoms with Crippen LogP contribution in [0.25, 0.3) is 16.7 Å². The highest BCUT2D eigenvalue weighted by molar-refractivity contribution is 6.00. The Morgan fingerprint density at radius 2 is 1.95 bits per heavy atom. The Kier molecular flexibility index (Phi) is 5.48. The highest BCUT2D eigenvalue weighted by atomic mass is 19.1. The van der Waals surface area contributed by atoms with Crippen LogP contribution in [0.15, 0.2) is 71.9 Å². The Labute approximate surface area is 208 Å². The molecule has 5 aromatic rings. The van der Waals surface area contributed by atoms with E-state index in [2.05, 4.69) is 15.2 Å². The van der Waals surface area contributed by atoms with Gasteiger partial charge in [-0.25, -0.2) is 13.8 Å². The van der Waals surface area contributed by atoms with E-state index in [1.807, 2.05) is 0 Å². The number of hydrogen-bond acceptors (Lipinski definition) is 6. The molecule has 0 radical (unpaired) electrons. The fourth-order valence-electron chi connectivity index (χ4n) is 4.34. The van der Waals surface area contributed by atoms with Crippen LogP contribution in [-0.2, 0) is 12.8 Å². The van der Waals surface area contributed by atoms with E-state index in [9.17, 15) is 18.4 Å². The van der Waals surface area contributed by atoms with Crippen LogP contribution in [0.3, 0.4) is 0 Å². The molecule has 1 aliphatic rings. The number of ether oxygens (including phenoxy) is 2. The zero-order valence-corrected chi connectivity index (χ0v) is 19.2. The Morgan fingerprint density at radius 3 is 2.76 bits per heavy atom. The van der Waals surface area contributed by atoms with Gasteiger partial charge >= 0.3 is 0 Å². The summed E-state index contributed by atoms with van der Waals surface area (Å²) in [7, 11) is 0. The quantitative estimate of drug-likeness (QED) is 0.344. The first-order chi connectivity index (χ1) is 18.0. The molecule has 8 nitrogen and oxygen atoms in total. The normalized spacial score (nSPS) is 12.4. The number of fused-ring (bicyclic) bond motifs is 2. The second-order valence-corrected chi connectivity index (χ2v) is 8.52. The fourth-order valence-corrected chi connectivity index (χ4v) is 4.34. The number of Topliss-reactive ketones (excluding diaryl/α,β-unsaturated/α-hetero) is 1. The Balaban J connectivity index is 1.30. The van der Waals surface area contributed by atoms with E-state index in [0.717, 1.165) is 0 Å². The Bertz CT molecular complexity index is 1730. The van der Waals surface area contributed by atoms with Crippen LogP contribution in [0, 0.1) is 11.6 Å². The van der Waals surface area contributed by atoms with Crippen LogP contribution in [0.2, 0.25) is 0 Å². The van der Waals surface area contributed by atoms with Gasteiger partial charge in [-0.3, -0.25) is 19.3 Å². The number of aromatic nitrogens is 4. The van der Waals surface area contributed by atoms with E-state index in [4.69, 9.17) is 9.47 Å². The maximum atomic E-state index is 14.9. The van der Waals surface area contributed by atoms with E-state index < -0.39 is 23.0 Å². The molecule has 37 heavy (non-hydrogen) atoms. The van der Waals surface area contributed by atoms with Crippen molar-refractivity contribution in [2.75, 3.05) is 6.61 Å². The summed E-state index contributed by atoms with van der Waals surface area (Å²) < 4.78 is 41.0. The van der Waals surface area contributed by atoms with Crippen molar-refractivity contribution in [1.29, 1.82) is 0 Å². The lowest BCUT2D eigenvalue weighted by Crippen LogP contribution is -2.27. The maximum absolute atomic E-state index is 14.9. The summed E-state index contributed by atoms with van der Waals surface area (Å²) in [6.07, 6.45) is 4.95. The van der Waals surface area contributed by atoms with Gasteiger partial charge in [0.15, 0.2) is 23.0 Å². The van der Waals surface area contributed by atoms with Gasteiger partial charge in [-0.05, 0) is 48.0 Å². The molecule has 0 bridgehead atoms. The topological polar surface area (TPSA) is 99.1 Å². The predicted molar refractivity (Wildman–Crippen MR) is 130 cm³/mol. The van der Waals surface area contributed by atoms with Gasteiger partial charge in [0.05, 0.1) is 18.2 Å². The number of ketones is 1. The summed E-state index contributed by atoms with van der Waals surface area (Å²) >= 11 is 0. The molecule has 3 aromatic heterocycles. The molecule has 0 amide bonds. The monoisotopic (exact) mass is 500 g/mol. The Hall–Kier alpha value is -4.86. The number of carbonyl (C=O) groups is 1. The average Bonchev–Trinajstić information content (AvgIpc) is 3.56. The molecule has 0 fully saturated rings. The first-order valence-corrected chi connectivity index (χ1v) is 11.4. The summed E-state index contributed by atoms with van der Waals surface area (Å²) in [4.78, 5) is 30.7. The number of nitrogens with one attached hydrogen (secondary N) is 1. The lowest BCUT2D eigenvalue weighted by molar-refractivity contribution is 0.0988. The molecule has 0 spiro atoms. The van der Waals surface area contributed by atoms with E-state index in [1.165, 1.54) is 53.4 Å². The molecule has 184 valence electrons. The fraction of sp³-hybridized carbons (Fsp3) is 0.111. The number of benzene rings is 2. The van der Waals surface area contributed by atoms with Crippen molar-refractivity contribution in [2.24, 2.45) is 0 Å². The summed E-state index contributed by atoms with van der Waals surface area (Å²) in [5.41, 5.74) is 1.29. The van der Waals surface area contributed by atoms with E-state index in [1.54, 1.807) is 18.3 Å². The molecule has 10 heteroatoms. The summed E-state index contributed by atoms with van der Waals surface area (Å²) in [6.45, 7) is 0.335. The van der Waals surface area contributed by atoms with Crippen molar-refractivity contribution in [3.05, 3.63) is 106 Å². The number of halogens is 2. The molecule has 1 N–H and O–H groups in total. The van der Waals surface area contributed by atoms with Gasteiger partial charge in [0.1, 0.15) is 22.9 Å². The van der Waals surface area contributed by atoms with Crippen molar-refractivity contribution in [3.8, 4) is 22.9 Å². The minimum atomic E-state index is -0.669. The van der Waals surface area contributed by atoms with Crippen molar-refractivity contribution in [3.63, 3.8) is 0 Å². The summed E-state index contributed by atoms with van der Waals surface area (Å²) in [5, 5.41) is 7.22. The molecule has 1 aliphatic heterocycles. The minimum Gasteiger partial charge on any atom is -0.492 e. The zero-order chi connectivity index (χ0) is 25.5. The van der Waals surface area contributed by atoms with Crippen molar-refractivity contribution in [1.82, 2.24) is 19.7 Å². The van der Waals surface area contributed by atoms with Gasteiger partial charge in [0.25, 0.3) is 5.56 Å². The molecule has 0 unspecified atom stereocenters. The second-order valence-electron chi connectivity index (χ2n) is 8.52. The number of rotatable bonds is 6. The number of nitrogens with zero attached hydrogens (tertiary/aromatic N) is 3. The minimum absolute atomic E-state index is 0.0347. The highest BCUT2D eigenvalue weighted by Gasteiger charge is 2.27. The third kappa shape index (κ3) is 4.12. The molecule has 0 atom stereocenters. The van der Waals surface area contributed by atoms with E-state index >= 15 is 0 Å². The number of H-pyrrole nitrogens is 1. The van der Waals surface area contributed by atoms with Crippen molar-refractivity contribution >= 4 is 16.8 Å². The molecule has 0 aliphatic carbocycles. The summed E-state index contributed by atoms with van der Waals surface area (Å²) in [5.74, 6) is -1.04. The third-order valence-electron chi connectivity index (χ3n) is 6.13. The number of pyridine rings is 2. The molecule has 0 saturated carbocycles. The number of carbonyl (C=O) groups excluding carboxylic acids is 1. The standard InChI is InChI=1S/C27H18F2N4O4/c28-17-2-4-18(5-3-17)33-14-16-8-10-36-25(16)24(27(33)35)21(34)12-15-1-6-23(20(29)11-15)37-22-7-9-30-26-19(22)13-31-32-26/h1-7,9,11,13-14H,8,10,12H2,(H,30,31,32). The molecule has 2 aromatic carbocycles. The van der Waals surface area contributed by atoms with Crippen molar-refractivity contribution < 1.29 is 23.0 Å². The zero-order valence-electron chi connectivity index (χ0n) is 19.2. The second kappa shape index (κ2) is 8.98. The van der Waals surface area contributed by atoms with Gasteiger partial charge < -0.3 is 9.47 Å². The SMILES string of the molecule is O=C(Cc1ccc(Oc2ccnc3[nH]ncc23)c(F)c1)c1c2c(cn(-c3ccc(F)cc3)c1=O)CCO2. The van der Waals surface area contributed by atoms with Crippen LogP contribution in [-0.4, -0.2) is 32.1 Å². The van der Waals surface area contributed by atoms with Crippen LogP contribution in [0.4, 0.5) is 8.78 Å². The molecular formula is C27H18F2N4O4. The van der Waals surface area contributed by atoms with E-state index in [0.29, 0.717) is 46.6 Å². The van der Waals surface area contributed by atoms with Gasteiger partial charge in [-0.15, -0.1) is 0 Å². The van der Waals surface area contributed by atoms with Gasteiger partial charge in [-0.1, -0.05) is 6.07 Å². The Morgan fingerprint density at radius 1 is 1.11 bits per heavy atom. The van der Waals surface area contributed by atoms with E-state index in [-0.39, 0.29) is 23.5 Å². The molecule has 4 heterocycles. The lowest BCUT2D eigenvalue weighted by atomic mass is 10.0. The largest absolute Gasteiger partial charge is 0.492 e. The smallest absolute Gasteiger partial charge is 0.269 e. The van der Waals surface area contributed by atoms with Gasteiger partial charge in [-0.2, -0.15) is 5.10 Å². The highest BCUT2D eigenvalue weighted by Crippen LogP contribution is 2.31. The lowest BCUT2D eigenvalue weighted by Gasteiger charge is -2.13. The first kappa shape index (κ1) is 22.6. The average molecular weight is 500 g/mol. The van der Waals surface area contributed by atoms with Crippen molar-refractivity contribution in [2.45, 2.75) is 12.8 Å². The van der Waals surface area contributed by atoms with Crippen LogP contribution < -0.4 is 15.0 Å². The molecular weight excluding hydrogens is 482 g/mol. The van der Waals surface area contributed by atoms with Gasteiger partial charge in [0.2, 0.25) is 0 Å². The predicted octanol–water partition coefficient (Wildman–Crippen LogP) is 4.54. The van der Waals surface area contributed by atoms with Crippen LogP contribution >= 0.6 is 0 Å². The molecule has 6 rings (SSSR count). The number of aromatic amines is 1. The third-order valence-corrected chi connectivity index (χ3v) is 6.13. The first-order valence-electron chi connectivity index (χ1n) is 11.4. The number of hydrogen-bond donors (Lipinski definition) is 1. The van der Waals surface area contributed by atoms with Gasteiger partial charge in [0, 0.05) is 36.5 Å². The maximum Gasteiger partial charge on any atom is 0.269 e. The summed E-state index contributed by atoms with van der Waals surface area (Å²) in [6, 6.07) is 11.2.